The predicted octanol–water partition coefficient (Wildman–Crippen LogP) is 3.06. The molecule has 2 saturated heterocycles. The molecule has 0 spiro atoms. The number of pyridine rings is 1. The zero-order valence-electron chi connectivity index (χ0n) is 17.7. The van der Waals surface area contributed by atoms with E-state index in [1.54, 1.807) is 12.3 Å². The molecule has 2 atom stereocenters. The smallest absolute Gasteiger partial charge is 0.267 e. The number of hydrogen-bond acceptors (Lipinski definition) is 6. The number of anilines is 1. The van der Waals surface area contributed by atoms with E-state index < -0.39 is 0 Å². The fourth-order valence-electron chi connectivity index (χ4n) is 4.02. The highest BCUT2D eigenvalue weighted by atomic mass is 16.8. The molecule has 0 radical (unpaired) electrons. The van der Waals surface area contributed by atoms with Crippen LogP contribution in [0.1, 0.15) is 36.8 Å². The van der Waals surface area contributed by atoms with Crippen LogP contribution in [0.25, 0.3) is 6.08 Å². The topological polar surface area (TPSA) is 84.5 Å². The summed E-state index contributed by atoms with van der Waals surface area (Å²) in [5.74, 6) is 0.509. The number of aromatic nitrogens is 1. The first-order valence-corrected chi connectivity index (χ1v) is 11.0. The summed E-state index contributed by atoms with van der Waals surface area (Å²) in [6.07, 6.45) is 9.41. The highest BCUT2D eigenvalue weighted by Gasteiger charge is 2.34. The molecule has 1 amide bonds. The lowest BCUT2D eigenvalue weighted by Gasteiger charge is -2.30. The number of benzene rings is 1. The third-order valence-corrected chi connectivity index (χ3v) is 5.66. The highest BCUT2D eigenvalue weighted by Crippen LogP contribution is 2.25. The van der Waals surface area contributed by atoms with Gasteiger partial charge in [-0.1, -0.05) is 30.3 Å². The standard InChI is InChI=1S/C24H30N4O3/c29-22(28-31-23-8-4-5-15-30-23)12-10-20-9-11-21(26-17-20)27-24(13-14-25-18-24)16-19-6-2-1-3-7-19/h1-3,6-7,9-12,17,23,25H,4-5,8,13-16,18H2,(H,26,27)(H,28,29)/b12-10+/t23?,24-/m1/s1. The van der Waals surface area contributed by atoms with E-state index in [9.17, 15) is 4.79 Å². The Bertz CT molecular complexity index is 858. The molecule has 4 rings (SSSR count). The van der Waals surface area contributed by atoms with Crippen LogP contribution in [0.5, 0.6) is 0 Å². The molecule has 2 aromatic rings. The number of amides is 1. The van der Waals surface area contributed by atoms with E-state index in [1.165, 1.54) is 11.6 Å². The van der Waals surface area contributed by atoms with Gasteiger partial charge in [0.25, 0.3) is 5.91 Å². The van der Waals surface area contributed by atoms with Crippen molar-refractivity contribution in [2.24, 2.45) is 0 Å². The van der Waals surface area contributed by atoms with E-state index in [1.807, 2.05) is 18.2 Å². The Morgan fingerprint density at radius 1 is 1.26 bits per heavy atom. The average Bonchev–Trinajstić information content (AvgIpc) is 3.26. The van der Waals surface area contributed by atoms with Crippen molar-refractivity contribution in [1.82, 2.24) is 15.8 Å². The minimum absolute atomic E-state index is 0.0515. The van der Waals surface area contributed by atoms with Crippen LogP contribution in [-0.4, -0.2) is 42.4 Å². The van der Waals surface area contributed by atoms with E-state index in [4.69, 9.17) is 9.57 Å². The van der Waals surface area contributed by atoms with Gasteiger partial charge in [0, 0.05) is 31.8 Å². The lowest BCUT2D eigenvalue weighted by Crippen LogP contribution is -2.43. The van der Waals surface area contributed by atoms with E-state index in [0.717, 1.165) is 56.6 Å². The van der Waals surface area contributed by atoms with Gasteiger partial charge in [0.2, 0.25) is 0 Å². The van der Waals surface area contributed by atoms with Crippen molar-refractivity contribution in [2.75, 3.05) is 25.0 Å². The quantitative estimate of drug-likeness (QED) is 0.448. The largest absolute Gasteiger partial charge is 0.363 e. The Kier molecular flexibility index (Phi) is 7.30. The molecule has 1 aromatic carbocycles. The molecule has 2 aliphatic heterocycles. The summed E-state index contributed by atoms with van der Waals surface area (Å²) in [6.45, 7) is 2.56. The molecule has 0 saturated carbocycles. The van der Waals surface area contributed by atoms with E-state index in [0.29, 0.717) is 6.61 Å². The van der Waals surface area contributed by atoms with Crippen LogP contribution < -0.4 is 16.1 Å². The second-order valence-electron chi connectivity index (χ2n) is 8.18. The number of ether oxygens (including phenoxy) is 1. The van der Waals surface area contributed by atoms with Crippen molar-refractivity contribution >= 4 is 17.8 Å². The molecule has 3 heterocycles. The maximum absolute atomic E-state index is 12.0. The molecule has 1 aromatic heterocycles. The number of rotatable bonds is 8. The summed E-state index contributed by atoms with van der Waals surface area (Å²) in [5.41, 5.74) is 4.52. The molecular weight excluding hydrogens is 392 g/mol. The summed E-state index contributed by atoms with van der Waals surface area (Å²) in [6, 6.07) is 14.4. The molecule has 7 heteroatoms. The number of hydrogen-bond donors (Lipinski definition) is 3. The SMILES string of the molecule is O=C(/C=C/c1ccc(N[C@@]2(Cc3ccccc3)CCNC2)nc1)NOC1CCCCO1. The van der Waals surface area contributed by atoms with Crippen LogP contribution >= 0.6 is 0 Å². The fraction of sp³-hybridized carbons (Fsp3) is 0.417. The van der Waals surface area contributed by atoms with Gasteiger partial charge in [-0.2, -0.15) is 0 Å². The van der Waals surface area contributed by atoms with Gasteiger partial charge in [0.15, 0.2) is 6.29 Å². The van der Waals surface area contributed by atoms with Crippen molar-refractivity contribution in [3.63, 3.8) is 0 Å². The first kappa shape index (κ1) is 21.5. The van der Waals surface area contributed by atoms with Gasteiger partial charge in [0.05, 0.1) is 5.54 Å². The van der Waals surface area contributed by atoms with Gasteiger partial charge in [-0.3, -0.25) is 4.79 Å². The van der Waals surface area contributed by atoms with Crippen LogP contribution in [-0.2, 0) is 20.8 Å². The third-order valence-electron chi connectivity index (χ3n) is 5.66. The number of carbonyl (C=O) groups excluding carboxylic acids is 1. The molecule has 0 bridgehead atoms. The normalized spacial score (nSPS) is 23.7. The lowest BCUT2D eigenvalue weighted by atomic mass is 9.90. The van der Waals surface area contributed by atoms with E-state index in [-0.39, 0.29) is 17.7 Å². The molecule has 2 aliphatic rings. The summed E-state index contributed by atoms with van der Waals surface area (Å²) in [7, 11) is 0. The Morgan fingerprint density at radius 2 is 2.16 bits per heavy atom. The molecule has 31 heavy (non-hydrogen) atoms. The van der Waals surface area contributed by atoms with Gasteiger partial charge in [-0.15, -0.1) is 0 Å². The van der Waals surface area contributed by atoms with Crippen molar-refractivity contribution in [2.45, 2.75) is 43.9 Å². The van der Waals surface area contributed by atoms with Crippen LogP contribution in [0.15, 0.2) is 54.7 Å². The van der Waals surface area contributed by atoms with Gasteiger partial charge in [-0.25, -0.2) is 15.3 Å². The van der Waals surface area contributed by atoms with Crippen molar-refractivity contribution in [3.05, 3.63) is 65.9 Å². The van der Waals surface area contributed by atoms with Crippen LogP contribution in [0.3, 0.4) is 0 Å². The Hall–Kier alpha value is -2.74. The first-order chi connectivity index (χ1) is 15.2. The summed E-state index contributed by atoms with van der Waals surface area (Å²) in [5, 5.41) is 7.11. The Balaban J connectivity index is 1.30. The molecular formula is C24H30N4O3. The van der Waals surface area contributed by atoms with E-state index >= 15 is 0 Å². The summed E-state index contributed by atoms with van der Waals surface area (Å²) in [4.78, 5) is 21.8. The van der Waals surface area contributed by atoms with Gasteiger partial charge < -0.3 is 15.4 Å². The second-order valence-corrected chi connectivity index (χ2v) is 8.18. The monoisotopic (exact) mass is 422 g/mol. The minimum Gasteiger partial charge on any atom is -0.363 e. The molecule has 0 aliphatic carbocycles. The molecule has 2 fully saturated rings. The Morgan fingerprint density at radius 3 is 2.87 bits per heavy atom. The zero-order chi connectivity index (χ0) is 21.4. The highest BCUT2D eigenvalue weighted by molar-refractivity contribution is 5.90. The van der Waals surface area contributed by atoms with Crippen molar-refractivity contribution < 1.29 is 14.4 Å². The molecule has 1 unspecified atom stereocenters. The second kappa shape index (κ2) is 10.5. The number of hydroxylamine groups is 1. The third kappa shape index (κ3) is 6.37. The van der Waals surface area contributed by atoms with Gasteiger partial charge >= 0.3 is 0 Å². The van der Waals surface area contributed by atoms with Gasteiger partial charge in [-0.05, 0) is 61.6 Å². The van der Waals surface area contributed by atoms with Gasteiger partial charge in [0.1, 0.15) is 5.82 Å². The minimum atomic E-state index is -0.355. The molecule has 3 N–H and O–H groups in total. The summed E-state index contributed by atoms with van der Waals surface area (Å²) < 4.78 is 5.42. The van der Waals surface area contributed by atoms with E-state index in [2.05, 4.69) is 45.4 Å². The number of nitrogens with one attached hydrogen (secondary N) is 3. The van der Waals surface area contributed by atoms with Crippen LogP contribution in [0.4, 0.5) is 5.82 Å². The average molecular weight is 423 g/mol. The lowest BCUT2D eigenvalue weighted by molar-refractivity contribution is -0.198. The fourth-order valence-corrected chi connectivity index (χ4v) is 4.02. The number of carbonyl (C=O) groups is 1. The predicted molar refractivity (Wildman–Crippen MR) is 120 cm³/mol. The maximum atomic E-state index is 12.0. The van der Waals surface area contributed by atoms with Crippen LogP contribution in [0.2, 0.25) is 0 Å². The van der Waals surface area contributed by atoms with Crippen molar-refractivity contribution in [1.29, 1.82) is 0 Å². The zero-order valence-corrected chi connectivity index (χ0v) is 17.7. The summed E-state index contributed by atoms with van der Waals surface area (Å²) >= 11 is 0. The molecule has 7 nitrogen and oxygen atoms in total. The first-order valence-electron chi connectivity index (χ1n) is 11.0. The molecule has 164 valence electrons. The number of nitrogens with zero attached hydrogens (tertiary/aromatic N) is 1. The van der Waals surface area contributed by atoms with Crippen LogP contribution in [0, 0.1) is 0 Å². The van der Waals surface area contributed by atoms with Crippen molar-refractivity contribution in [3.8, 4) is 0 Å². The Labute approximate surface area is 183 Å². The maximum Gasteiger partial charge on any atom is 0.267 e.